The molecule has 1 aromatic rings. The van der Waals surface area contributed by atoms with Crippen molar-refractivity contribution in [2.75, 3.05) is 20.1 Å². The molecule has 0 fully saturated rings. The number of alkyl halides is 2. The maximum absolute atomic E-state index is 12.3. The largest absolute Gasteiger partial charge is 0.434 e. The lowest BCUT2D eigenvalue weighted by atomic mass is 10.2. The van der Waals surface area contributed by atoms with Crippen molar-refractivity contribution < 1.29 is 13.5 Å². The van der Waals surface area contributed by atoms with Gasteiger partial charge < -0.3 is 15.0 Å². The van der Waals surface area contributed by atoms with E-state index in [0.29, 0.717) is 23.2 Å². The van der Waals surface area contributed by atoms with Crippen LogP contribution in [0.1, 0.15) is 19.4 Å². The molecule has 0 spiro atoms. The van der Waals surface area contributed by atoms with Crippen LogP contribution in [0, 0.1) is 0 Å². The minimum atomic E-state index is -2.83. The summed E-state index contributed by atoms with van der Waals surface area (Å²) >= 11 is 5.88. The lowest BCUT2D eigenvalue weighted by Crippen LogP contribution is -2.33. The Morgan fingerprint density at radius 1 is 1.35 bits per heavy atom. The molecule has 1 N–H and O–H groups in total. The second-order valence-electron chi connectivity index (χ2n) is 4.88. The number of hydrogen-bond acceptors (Lipinski definition) is 3. The number of hydrogen-bond donors (Lipinski definition) is 1. The molecule has 0 bridgehead atoms. The first-order valence-corrected chi connectivity index (χ1v) is 6.92. The van der Waals surface area contributed by atoms with E-state index in [0.717, 1.165) is 13.1 Å². The minimum absolute atomic E-state index is 0.161. The van der Waals surface area contributed by atoms with Crippen LogP contribution in [-0.4, -0.2) is 37.7 Å². The highest BCUT2D eigenvalue weighted by atomic mass is 35.5. The topological polar surface area (TPSA) is 24.5 Å². The van der Waals surface area contributed by atoms with E-state index in [9.17, 15) is 8.78 Å². The van der Waals surface area contributed by atoms with Crippen molar-refractivity contribution in [3.63, 3.8) is 0 Å². The fourth-order valence-corrected chi connectivity index (χ4v) is 1.83. The second kappa shape index (κ2) is 8.39. The summed E-state index contributed by atoms with van der Waals surface area (Å²) in [5.41, 5.74) is 0.630. The molecule has 0 saturated carbocycles. The van der Waals surface area contributed by atoms with Crippen LogP contribution in [0.2, 0.25) is 5.02 Å². The standard InChI is InChI=1S/C14H21ClF2N2O/c1-10(2)19(3)7-6-18-9-11-8-12(15)4-5-13(11)20-14(16)17/h4-5,8,10,14,18H,6-7,9H2,1-3H3. The molecule has 0 unspecified atom stereocenters. The normalized spacial score (nSPS) is 11.7. The third kappa shape index (κ3) is 6.03. The molecule has 20 heavy (non-hydrogen) atoms. The summed E-state index contributed by atoms with van der Waals surface area (Å²) in [5.74, 6) is 0.161. The maximum atomic E-state index is 12.3. The van der Waals surface area contributed by atoms with Crippen LogP contribution in [-0.2, 0) is 6.54 Å². The Balaban J connectivity index is 2.51. The third-order valence-electron chi connectivity index (χ3n) is 3.08. The van der Waals surface area contributed by atoms with Crippen LogP contribution in [0.4, 0.5) is 8.78 Å². The van der Waals surface area contributed by atoms with E-state index in [1.165, 1.54) is 12.1 Å². The van der Waals surface area contributed by atoms with Crippen molar-refractivity contribution in [1.82, 2.24) is 10.2 Å². The van der Waals surface area contributed by atoms with Gasteiger partial charge in [0.15, 0.2) is 0 Å². The van der Waals surface area contributed by atoms with Gasteiger partial charge in [-0.3, -0.25) is 0 Å². The van der Waals surface area contributed by atoms with Crippen LogP contribution >= 0.6 is 11.6 Å². The average Bonchev–Trinajstić information content (AvgIpc) is 2.36. The van der Waals surface area contributed by atoms with Gasteiger partial charge >= 0.3 is 6.61 Å². The van der Waals surface area contributed by atoms with Crippen LogP contribution in [0.5, 0.6) is 5.75 Å². The first kappa shape index (κ1) is 17.1. The molecule has 0 aliphatic heterocycles. The molecule has 0 atom stereocenters. The highest BCUT2D eigenvalue weighted by molar-refractivity contribution is 6.30. The molecule has 3 nitrogen and oxygen atoms in total. The maximum Gasteiger partial charge on any atom is 0.387 e. The van der Waals surface area contributed by atoms with Gasteiger partial charge in [-0.15, -0.1) is 0 Å². The Labute approximate surface area is 123 Å². The number of nitrogens with one attached hydrogen (secondary N) is 1. The molecule has 114 valence electrons. The van der Waals surface area contributed by atoms with Crippen LogP contribution in [0.15, 0.2) is 18.2 Å². The second-order valence-corrected chi connectivity index (χ2v) is 5.32. The summed E-state index contributed by atoms with van der Waals surface area (Å²) in [6, 6.07) is 5.11. The molecule has 1 rings (SSSR count). The van der Waals surface area contributed by atoms with E-state index in [1.54, 1.807) is 6.07 Å². The fourth-order valence-electron chi connectivity index (χ4n) is 1.63. The summed E-state index contributed by atoms with van der Waals surface area (Å²) in [4.78, 5) is 2.20. The minimum Gasteiger partial charge on any atom is -0.434 e. The fraction of sp³-hybridized carbons (Fsp3) is 0.571. The molecule has 0 radical (unpaired) electrons. The molecule has 0 aliphatic carbocycles. The molecule has 6 heteroatoms. The predicted octanol–water partition coefficient (Wildman–Crippen LogP) is 3.37. The van der Waals surface area contributed by atoms with Gasteiger partial charge in [0.25, 0.3) is 0 Å². The van der Waals surface area contributed by atoms with E-state index in [1.807, 2.05) is 7.05 Å². The summed E-state index contributed by atoms with van der Waals surface area (Å²) < 4.78 is 29.1. The zero-order valence-corrected chi connectivity index (χ0v) is 12.8. The zero-order chi connectivity index (χ0) is 15.1. The van der Waals surface area contributed by atoms with Crippen molar-refractivity contribution in [3.05, 3.63) is 28.8 Å². The zero-order valence-electron chi connectivity index (χ0n) is 12.0. The monoisotopic (exact) mass is 306 g/mol. The van der Waals surface area contributed by atoms with Gasteiger partial charge in [0.05, 0.1) is 0 Å². The Morgan fingerprint density at radius 2 is 2.05 bits per heavy atom. The van der Waals surface area contributed by atoms with E-state index in [-0.39, 0.29) is 5.75 Å². The van der Waals surface area contributed by atoms with Crippen molar-refractivity contribution in [3.8, 4) is 5.75 Å². The highest BCUT2D eigenvalue weighted by Crippen LogP contribution is 2.24. The molecule has 0 amide bonds. The van der Waals surface area contributed by atoms with Gasteiger partial charge in [-0.05, 0) is 39.1 Å². The third-order valence-corrected chi connectivity index (χ3v) is 3.31. The Bertz CT molecular complexity index is 416. The van der Waals surface area contributed by atoms with Gasteiger partial charge in [-0.1, -0.05) is 11.6 Å². The number of benzene rings is 1. The number of nitrogens with zero attached hydrogens (tertiary/aromatic N) is 1. The van der Waals surface area contributed by atoms with Gasteiger partial charge in [-0.2, -0.15) is 8.78 Å². The summed E-state index contributed by atoms with van der Waals surface area (Å²) in [6.07, 6.45) is 0. The number of ether oxygens (including phenoxy) is 1. The van der Waals surface area contributed by atoms with Crippen molar-refractivity contribution in [2.45, 2.75) is 33.0 Å². The summed E-state index contributed by atoms with van der Waals surface area (Å²) in [7, 11) is 2.04. The SMILES string of the molecule is CC(C)N(C)CCNCc1cc(Cl)ccc1OC(F)F. The smallest absolute Gasteiger partial charge is 0.387 e. The van der Waals surface area contributed by atoms with Crippen molar-refractivity contribution >= 4 is 11.6 Å². The first-order chi connectivity index (χ1) is 9.40. The quantitative estimate of drug-likeness (QED) is 0.745. The molecular formula is C14H21ClF2N2O. The number of rotatable bonds is 8. The van der Waals surface area contributed by atoms with Crippen molar-refractivity contribution in [2.24, 2.45) is 0 Å². The van der Waals surface area contributed by atoms with Gasteiger partial charge in [0.1, 0.15) is 5.75 Å². The van der Waals surface area contributed by atoms with Gasteiger partial charge in [-0.25, -0.2) is 0 Å². The summed E-state index contributed by atoms with van der Waals surface area (Å²) in [6.45, 7) is 3.48. The Kier molecular flexibility index (Phi) is 7.19. The average molecular weight is 307 g/mol. The predicted molar refractivity (Wildman–Crippen MR) is 77.6 cm³/mol. The van der Waals surface area contributed by atoms with Gasteiger partial charge in [0, 0.05) is 36.3 Å². The highest BCUT2D eigenvalue weighted by Gasteiger charge is 2.10. The molecule has 0 heterocycles. The number of likely N-dealkylation sites (N-methyl/N-ethyl adjacent to an activating group) is 1. The molecule has 0 aromatic heterocycles. The Morgan fingerprint density at radius 3 is 2.65 bits per heavy atom. The van der Waals surface area contributed by atoms with E-state index >= 15 is 0 Å². The van der Waals surface area contributed by atoms with Crippen molar-refractivity contribution in [1.29, 1.82) is 0 Å². The molecular weight excluding hydrogens is 286 g/mol. The lowest BCUT2D eigenvalue weighted by molar-refractivity contribution is -0.0504. The van der Waals surface area contributed by atoms with Crippen LogP contribution in [0.25, 0.3) is 0 Å². The first-order valence-electron chi connectivity index (χ1n) is 6.54. The van der Waals surface area contributed by atoms with E-state index in [4.69, 9.17) is 11.6 Å². The summed E-state index contributed by atoms with van der Waals surface area (Å²) in [5, 5.41) is 3.71. The molecule has 1 aromatic carbocycles. The lowest BCUT2D eigenvalue weighted by Gasteiger charge is -2.21. The van der Waals surface area contributed by atoms with E-state index < -0.39 is 6.61 Å². The molecule has 0 aliphatic rings. The number of halogens is 3. The van der Waals surface area contributed by atoms with Crippen LogP contribution < -0.4 is 10.1 Å². The Hall–Kier alpha value is -0.910. The molecule has 0 saturated heterocycles. The van der Waals surface area contributed by atoms with Crippen LogP contribution in [0.3, 0.4) is 0 Å². The van der Waals surface area contributed by atoms with Gasteiger partial charge in [0.2, 0.25) is 0 Å². The van der Waals surface area contributed by atoms with E-state index in [2.05, 4.69) is 28.8 Å².